The smallest absolute Gasteiger partial charge is 0.124 e. The van der Waals surface area contributed by atoms with E-state index < -0.39 is 10.1 Å². The summed E-state index contributed by atoms with van der Waals surface area (Å²) < 4.78 is 32.6. The molecule has 0 aliphatic carbocycles. The van der Waals surface area contributed by atoms with Crippen LogP contribution in [-0.2, 0) is 10.1 Å². The van der Waals surface area contributed by atoms with Gasteiger partial charge in [0.1, 0.15) is 10.1 Å². The van der Waals surface area contributed by atoms with Crippen molar-refractivity contribution in [3.05, 3.63) is 29.8 Å². The monoisotopic (exact) mass is 533 g/mol. The van der Waals surface area contributed by atoms with E-state index in [0.29, 0.717) is 0 Å². The summed E-state index contributed by atoms with van der Waals surface area (Å²) in [6.45, 7) is 14.5. The topological polar surface area (TPSA) is 57.2 Å². The molecular formula is C26H48BrNO3S. The number of unbranched alkanes of at least 4 members (excludes halogenated alkanes) is 7. The molecule has 0 aliphatic heterocycles. The summed E-state index contributed by atoms with van der Waals surface area (Å²) in [5.41, 5.74) is 0.928. The van der Waals surface area contributed by atoms with E-state index in [4.69, 9.17) is 0 Å². The molecule has 0 saturated carbocycles. The van der Waals surface area contributed by atoms with E-state index in [9.17, 15) is 13.0 Å². The van der Waals surface area contributed by atoms with E-state index in [0.717, 1.165) is 5.56 Å². The summed E-state index contributed by atoms with van der Waals surface area (Å²) in [5, 5.41) is 1.17. The Morgan fingerprint density at radius 2 is 1.16 bits per heavy atom. The van der Waals surface area contributed by atoms with E-state index in [1.165, 1.54) is 119 Å². The predicted molar refractivity (Wildman–Crippen MR) is 140 cm³/mol. The van der Waals surface area contributed by atoms with E-state index in [1.807, 2.05) is 6.92 Å². The summed E-state index contributed by atoms with van der Waals surface area (Å²) in [4.78, 5) is -0.178. The maximum atomic E-state index is 10.4. The van der Waals surface area contributed by atoms with Crippen molar-refractivity contribution in [1.82, 2.24) is 0 Å². The minimum atomic E-state index is -4.27. The number of nitrogens with zero attached hydrogens (tertiary/aromatic N) is 1. The zero-order valence-electron chi connectivity index (χ0n) is 21.1. The van der Waals surface area contributed by atoms with Gasteiger partial charge < -0.3 is 9.04 Å². The molecule has 6 heteroatoms. The molecule has 0 atom stereocenters. The Morgan fingerprint density at radius 1 is 0.719 bits per heavy atom. The molecule has 0 aromatic heterocycles. The first-order chi connectivity index (χ1) is 15.2. The van der Waals surface area contributed by atoms with Crippen LogP contribution in [0.1, 0.15) is 97.0 Å². The lowest BCUT2D eigenvalue weighted by atomic mass is 10.1. The number of halogens is 1. The fourth-order valence-corrected chi connectivity index (χ4v) is 4.73. The highest BCUT2D eigenvalue weighted by atomic mass is 79.9. The maximum Gasteiger partial charge on any atom is 0.124 e. The number of benzene rings is 1. The van der Waals surface area contributed by atoms with Gasteiger partial charge in [-0.1, -0.05) is 86.5 Å². The minimum absolute atomic E-state index is 0.178. The largest absolute Gasteiger partial charge is 0.744 e. The zero-order chi connectivity index (χ0) is 24.3. The van der Waals surface area contributed by atoms with Crippen LogP contribution in [0.4, 0.5) is 0 Å². The van der Waals surface area contributed by atoms with Crippen LogP contribution in [0.2, 0.25) is 0 Å². The van der Waals surface area contributed by atoms with E-state index in [1.54, 1.807) is 12.1 Å². The molecular weight excluding hydrogens is 486 g/mol. The van der Waals surface area contributed by atoms with Crippen molar-refractivity contribution in [3.8, 4) is 0 Å². The van der Waals surface area contributed by atoms with Gasteiger partial charge in [-0.25, -0.2) is 8.42 Å². The first kappa shape index (κ1) is 31.6. The van der Waals surface area contributed by atoms with Crippen molar-refractivity contribution in [1.29, 1.82) is 0 Å². The van der Waals surface area contributed by atoms with Crippen LogP contribution < -0.4 is 0 Å². The number of hydrogen-bond donors (Lipinski definition) is 0. The van der Waals surface area contributed by atoms with Crippen molar-refractivity contribution in [3.63, 3.8) is 0 Å². The molecule has 0 N–H and O–H groups in total. The molecule has 1 rings (SSSR count). The summed E-state index contributed by atoms with van der Waals surface area (Å²) in [6, 6.07) is 5.78. The molecule has 0 heterocycles. The second-order valence-corrected chi connectivity index (χ2v) is 11.2. The Balaban J connectivity index is 0.000000726. The van der Waals surface area contributed by atoms with Crippen LogP contribution in [0.5, 0.6) is 0 Å². The third-order valence-electron chi connectivity index (χ3n) is 6.03. The van der Waals surface area contributed by atoms with Gasteiger partial charge >= 0.3 is 0 Å². The van der Waals surface area contributed by atoms with Crippen molar-refractivity contribution in [2.45, 2.75) is 103 Å². The molecule has 1 aromatic rings. The number of quaternary nitrogens is 1. The minimum Gasteiger partial charge on any atom is -0.744 e. The molecule has 0 fully saturated rings. The fraction of sp³-hybridized carbons (Fsp3) is 0.769. The van der Waals surface area contributed by atoms with Crippen LogP contribution in [0.15, 0.2) is 29.2 Å². The van der Waals surface area contributed by atoms with Gasteiger partial charge in [0.25, 0.3) is 0 Å². The molecule has 32 heavy (non-hydrogen) atoms. The van der Waals surface area contributed by atoms with Crippen LogP contribution in [0.25, 0.3) is 0 Å². The molecule has 1 aromatic carbocycles. The molecule has 4 nitrogen and oxygen atoms in total. The van der Waals surface area contributed by atoms with E-state index >= 15 is 0 Å². The number of hydrogen-bond acceptors (Lipinski definition) is 3. The molecule has 0 saturated heterocycles. The first-order valence-electron chi connectivity index (χ1n) is 12.7. The normalized spacial score (nSPS) is 11.8. The van der Waals surface area contributed by atoms with Crippen molar-refractivity contribution in [2.24, 2.45) is 0 Å². The third kappa shape index (κ3) is 15.4. The van der Waals surface area contributed by atoms with E-state index in [2.05, 4.69) is 36.7 Å². The van der Waals surface area contributed by atoms with Crippen LogP contribution in [0, 0.1) is 6.92 Å². The van der Waals surface area contributed by atoms with Crippen LogP contribution in [-0.4, -0.2) is 49.0 Å². The Hall–Kier alpha value is -0.430. The standard InChI is InChI=1S/C19H41BrN.C7H8O3S/c1-4-7-10-12-17-21(16-9-6-3,19-14-15-20)18-13-11-8-5-2;1-6-2-4-7(5-3-6)11(8,9)10/h4-19H2,1-3H3;2-5H,1H3,(H,8,9,10)/q+1;/p-1. The van der Waals surface area contributed by atoms with Gasteiger partial charge in [0, 0.05) is 11.8 Å². The third-order valence-corrected chi connectivity index (χ3v) is 7.44. The number of aryl methyl sites for hydroxylation is 1. The lowest BCUT2D eigenvalue weighted by Crippen LogP contribution is -2.51. The Bertz CT molecular complexity index is 640. The van der Waals surface area contributed by atoms with Gasteiger partial charge in [-0.05, 0) is 51.2 Å². The zero-order valence-corrected chi connectivity index (χ0v) is 23.5. The molecule has 0 bridgehead atoms. The van der Waals surface area contributed by atoms with Gasteiger partial charge in [-0.15, -0.1) is 0 Å². The lowest BCUT2D eigenvalue weighted by molar-refractivity contribution is -0.928. The highest BCUT2D eigenvalue weighted by Crippen LogP contribution is 2.18. The van der Waals surface area contributed by atoms with Gasteiger partial charge in [0.05, 0.1) is 31.1 Å². The van der Waals surface area contributed by atoms with Crippen molar-refractivity contribution in [2.75, 3.05) is 31.5 Å². The summed E-state index contributed by atoms with van der Waals surface area (Å²) in [5.74, 6) is 0. The quantitative estimate of drug-likeness (QED) is 0.0903. The Labute approximate surface area is 207 Å². The molecule has 0 aliphatic rings. The Morgan fingerprint density at radius 3 is 1.56 bits per heavy atom. The number of rotatable bonds is 17. The average molecular weight is 535 g/mol. The van der Waals surface area contributed by atoms with Gasteiger partial charge in [0.15, 0.2) is 0 Å². The Kier molecular flexibility index (Phi) is 18.7. The summed E-state index contributed by atoms with van der Waals surface area (Å²) >= 11 is 3.65. The number of alkyl halides is 1. The van der Waals surface area contributed by atoms with Crippen molar-refractivity contribution >= 4 is 26.0 Å². The summed E-state index contributed by atoms with van der Waals surface area (Å²) in [7, 11) is -4.27. The summed E-state index contributed by atoms with van der Waals surface area (Å²) in [6.07, 6.45) is 15.4. The van der Waals surface area contributed by atoms with E-state index in [-0.39, 0.29) is 4.90 Å². The molecule has 0 amide bonds. The second-order valence-electron chi connectivity index (χ2n) is 9.02. The van der Waals surface area contributed by atoms with Crippen LogP contribution in [0.3, 0.4) is 0 Å². The van der Waals surface area contributed by atoms with Gasteiger partial charge in [-0.2, -0.15) is 0 Å². The SMILES string of the molecule is CCCCCC[N+](CCCC)(CCCBr)CCCCCC.Cc1ccc(S(=O)(=O)[O-])cc1. The maximum absolute atomic E-state index is 10.4. The van der Waals surface area contributed by atoms with Gasteiger partial charge in [-0.3, -0.25) is 0 Å². The fourth-order valence-electron chi connectivity index (χ4n) is 4.01. The highest BCUT2D eigenvalue weighted by molar-refractivity contribution is 9.09. The molecule has 0 radical (unpaired) electrons. The molecule has 0 unspecified atom stereocenters. The molecule has 0 spiro atoms. The predicted octanol–water partition coefficient (Wildman–Crippen LogP) is 7.45. The van der Waals surface area contributed by atoms with Gasteiger partial charge in [0.2, 0.25) is 0 Å². The lowest BCUT2D eigenvalue weighted by Gasteiger charge is -2.39. The second kappa shape index (κ2) is 18.9. The average Bonchev–Trinajstić information content (AvgIpc) is 2.76. The first-order valence-corrected chi connectivity index (χ1v) is 15.2. The highest BCUT2D eigenvalue weighted by Gasteiger charge is 2.25. The molecule has 188 valence electrons. The van der Waals surface area contributed by atoms with Crippen molar-refractivity contribution < 1.29 is 17.5 Å². The van der Waals surface area contributed by atoms with Crippen LogP contribution >= 0.6 is 15.9 Å².